The number of nitrogens with one attached hydrogen (secondary N) is 1. The van der Waals surface area contributed by atoms with Gasteiger partial charge in [0.1, 0.15) is 0 Å². The Kier molecular flexibility index (Phi) is 4.09. The summed E-state index contributed by atoms with van der Waals surface area (Å²) in [5.74, 6) is 0.697. The first kappa shape index (κ1) is 15.0. The van der Waals surface area contributed by atoms with Crippen LogP contribution in [0.4, 0.5) is 5.95 Å². The van der Waals surface area contributed by atoms with E-state index in [-0.39, 0.29) is 0 Å². The van der Waals surface area contributed by atoms with Crippen LogP contribution in [0.3, 0.4) is 0 Å². The number of fused-ring (bicyclic) bond motifs is 1. The van der Waals surface area contributed by atoms with Crippen LogP contribution < -0.4 is 11.1 Å². The van der Waals surface area contributed by atoms with Crippen molar-refractivity contribution < 1.29 is 0 Å². The molecule has 1 fully saturated rings. The second-order valence-electron chi connectivity index (χ2n) is 6.46. The third kappa shape index (κ3) is 3.21. The van der Waals surface area contributed by atoms with E-state index in [1.807, 2.05) is 30.7 Å². The zero-order valence-electron chi connectivity index (χ0n) is 13.5. The Labute approximate surface area is 141 Å². The number of nitrogens with zero attached hydrogens (tertiary/aromatic N) is 3. The molecule has 0 amide bonds. The van der Waals surface area contributed by atoms with E-state index in [1.54, 1.807) is 0 Å². The number of aromatic nitrogens is 3. The Morgan fingerprint density at radius 2 is 1.83 bits per heavy atom. The van der Waals surface area contributed by atoms with Gasteiger partial charge in [-0.15, -0.1) is 0 Å². The van der Waals surface area contributed by atoms with Gasteiger partial charge in [0.05, 0.1) is 5.69 Å². The van der Waals surface area contributed by atoms with Gasteiger partial charge in [0.2, 0.25) is 5.95 Å². The van der Waals surface area contributed by atoms with Crippen LogP contribution >= 0.6 is 0 Å². The van der Waals surface area contributed by atoms with Crippen molar-refractivity contribution in [1.82, 2.24) is 15.0 Å². The molecule has 0 saturated heterocycles. The van der Waals surface area contributed by atoms with Crippen LogP contribution in [0, 0.1) is 0 Å². The fraction of sp³-hybridized carbons (Fsp3) is 0.316. The molecule has 2 aromatic heterocycles. The van der Waals surface area contributed by atoms with Crippen molar-refractivity contribution in [2.24, 2.45) is 5.73 Å². The zero-order valence-corrected chi connectivity index (χ0v) is 13.5. The molecule has 24 heavy (non-hydrogen) atoms. The summed E-state index contributed by atoms with van der Waals surface area (Å²) in [7, 11) is 0. The van der Waals surface area contributed by atoms with Gasteiger partial charge in [-0.05, 0) is 49.3 Å². The fourth-order valence-electron chi connectivity index (χ4n) is 3.28. The molecule has 1 aliphatic carbocycles. The lowest BCUT2D eigenvalue weighted by Gasteiger charge is -2.26. The topological polar surface area (TPSA) is 76.7 Å². The number of anilines is 1. The van der Waals surface area contributed by atoms with Gasteiger partial charge >= 0.3 is 0 Å². The van der Waals surface area contributed by atoms with Crippen molar-refractivity contribution in [3.8, 4) is 11.3 Å². The van der Waals surface area contributed by atoms with E-state index in [4.69, 9.17) is 10.7 Å². The van der Waals surface area contributed by atoms with Gasteiger partial charge in [-0.25, -0.2) is 9.97 Å². The summed E-state index contributed by atoms with van der Waals surface area (Å²) in [5.41, 5.74) is 7.99. The average Bonchev–Trinajstić information content (AvgIpc) is 2.63. The van der Waals surface area contributed by atoms with Crippen molar-refractivity contribution in [3.63, 3.8) is 0 Å². The van der Waals surface area contributed by atoms with Gasteiger partial charge in [-0.3, -0.25) is 4.98 Å². The molecule has 1 saturated carbocycles. The summed E-state index contributed by atoms with van der Waals surface area (Å²) in [6.07, 6.45) is 9.80. The minimum Gasteiger partial charge on any atom is -0.351 e. The molecule has 0 unspecified atom stereocenters. The Morgan fingerprint density at radius 3 is 2.71 bits per heavy atom. The standard InChI is InChI=1S/C19H21N5/c20-16-3-5-17(6-4-16)23-19-22-10-8-18(24-19)14-1-2-15-12-21-9-7-13(15)11-14/h1-2,7-12,16-17H,3-6,20H2,(H,22,23,24). The van der Waals surface area contributed by atoms with Crippen LogP contribution in [0.2, 0.25) is 0 Å². The monoisotopic (exact) mass is 319 g/mol. The molecule has 0 spiro atoms. The summed E-state index contributed by atoms with van der Waals surface area (Å²) < 4.78 is 0. The Morgan fingerprint density at radius 1 is 0.958 bits per heavy atom. The van der Waals surface area contributed by atoms with E-state index in [9.17, 15) is 0 Å². The number of benzene rings is 1. The lowest BCUT2D eigenvalue weighted by molar-refractivity contribution is 0.410. The lowest BCUT2D eigenvalue weighted by Crippen LogP contribution is -2.33. The predicted octanol–water partition coefficient (Wildman–Crippen LogP) is 3.37. The summed E-state index contributed by atoms with van der Waals surface area (Å²) in [5, 5.41) is 5.76. The highest BCUT2D eigenvalue weighted by molar-refractivity contribution is 5.86. The van der Waals surface area contributed by atoms with Gasteiger partial charge in [-0.2, -0.15) is 0 Å². The highest BCUT2D eigenvalue weighted by Crippen LogP contribution is 2.24. The molecule has 0 radical (unpaired) electrons. The molecular weight excluding hydrogens is 298 g/mol. The first-order valence-corrected chi connectivity index (χ1v) is 8.47. The molecule has 0 atom stereocenters. The minimum atomic E-state index is 0.349. The summed E-state index contributed by atoms with van der Waals surface area (Å²) in [6, 6.07) is 11.0. The van der Waals surface area contributed by atoms with E-state index in [0.29, 0.717) is 18.0 Å². The van der Waals surface area contributed by atoms with E-state index in [1.165, 1.54) is 0 Å². The maximum Gasteiger partial charge on any atom is 0.223 e. The molecule has 5 heteroatoms. The SMILES string of the molecule is NC1CCC(Nc2nccc(-c3ccc4cnccc4c3)n2)CC1. The van der Waals surface area contributed by atoms with Crippen LogP contribution in [0.5, 0.6) is 0 Å². The molecule has 3 aromatic rings. The molecule has 0 bridgehead atoms. The average molecular weight is 319 g/mol. The molecule has 4 rings (SSSR count). The third-order valence-electron chi connectivity index (χ3n) is 4.70. The molecule has 1 aromatic carbocycles. The predicted molar refractivity (Wildman–Crippen MR) is 96.6 cm³/mol. The van der Waals surface area contributed by atoms with Crippen molar-refractivity contribution in [1.29, 1.82) is 0 Å². The minimum absolute atomic E-state index is 0.349. The number of nitrogens with two attached hydrogens (primary N) is 1. The number of hydrogen-bond donors (Lipinski definition) is 2. The number of pyridine rings is 1. The van der Waals surface area contributed by atoms with E-state index in [2.05, 4.69) is 33.5 Å². The zero-order chi connectivity index (χ0) is 16.4. The molecule has 5 nitrogen and oxygen atoms in total. The molecule has 0 aliphatic heterocycles. The number of rotatable bonds is 3. The first-order valence-electron chi connectivity index (χ1n) is 8.47. The van der Waals surface area contributed by atoms with Crippen molar-refractivity contribution in [3.05, 3.63) is 48.9 Å². The fourth-order valence-corrected chi connectivity index (χ4v) is 3.28. The van der Waals surface area contributed by atoms with Crippen molar-refractivity contribution >= 4 is 16.7 Å². The summed E-state index contributed by atoms with van der Waals surface area (Å²) in [6.45, 7) is 0. The Hall–Kier alpha value is -2.53. The maximum absolute atomic E-state index is 5.97. The summed E-state index contributed by atoms with van der Waals surface area (Å²) >= 11 is 0. The highest BCUT2D eigenvalue weighted by Gasteiger charge is 2.19. The van der Waals surface area contributed by atoms with Gasteiger partial charge in [-0.1, -0.05) is 12.1 Å². The van der Waals surface area contributed by atoms with Crippen LogP contribution in [0.15, 0.2) is 48.9 Å². The van der Waals surface area contributed by atoms with Crippen LogP contribution in [0.1, 0.15) is 25.7 Å². The van der Waals surface area contributed by atoms with Gasteiger partial charge < -0.3 is 11.1 Å². The Bertz CT molecular complexity index is 840. The molecule has 2 heterocycles. The Balaban J connectivity index is 1.57. The quantitative estimate of drug-likeness (QED) is 0.774. The smallest absolute Gasteiger partial charge is 0.223 e. The van der Waals surface area contributed by atoms with Crippen LogP contribution in [0.25, 0.3) is 22.0 Å². The molecule has 122 valence electrons. The number of hydrogen-bond acceptors (Lipinski definition) is 5. The highest BCUT2D eigenvalue weighted by atomic mass is 15.1. The molecule has 1 aliphatic rings. The second-order valence-corrected chi connectivity index (χ2v) is 6.46. The van der Waals surface area contributed by atoms with E-state index < -0.39 is 0 Å². The molecular formula is C19H21N5. The first-order chi connectivity index (χ1) is 11.8. The van der Waals surface area contributed by atoms with Crippen LogP contribution in [-0.2, 0) is 0 Å². The van der Waals surface area contributed by atoms with Gasteiger partial charge in [0.25, 0.3) is 0 Å². The van der Waals surface area contributed by atoms with Crippen molar-refractivity contribution in [2.45, 2.75) is 37.8 Å². The second kappa shape index (κ2) is 6.53. The largest absolute Gasteiger partial charge is 0.351 e. The lowest BCUT2D eigenvalue weighted by atomic mass is 9.92. The maximum atomic E-state index is 5.97. The third-order valence-corrected chi connectivity index (χ3v) is 4.70. The van der Waals surface area contributed by atoms with Gasteiger partial charge in [0, 0.05) is 41.6 Å². The van der Waals surface area contributed by atoms with Gasteiger partial charge in [0.15, 0.2) is 0 Å². The normalized spacial score (nSPS) is 20.9. The summed E-state index contributed by atoms with van der Waals surface area (Å²) in [4.78, 5) is 13.2. The van der Waals surface area contributed by atoms with E-state index in [0.717, 1.165) is 47.7 Å². The van der Waals surface area contributed by atoms with Crippen LogP contribution in [-0.4, -0.2) is 27.0 Å². The van der Waals surface area contributed by atoms with Crippen molar-refractivity contribution in [2.75, 3.05) is 5.32 Å². The molecule has 3 N–H and O–H groups in total. The van der Waals surface area contributed by atoms with E-state index >= 15 is 0 Å².